The highest BCUT2D eigenvalue weighted by atomic mass is 35.5. The highest BCUT2D eigenvalue weighted by Gasteiger charge is 2.18. The Hall–Kier alpha value is -1.45. The average molecular weight is 282 g/mol. The molecule has 0 fully saturated rings. The van der Waals surface area contributed by atoms with Crippen LogP contribution < -0.4 is 5.32 Å². The van der Waals surface area contributed by atoms with Gasteiger partial charge in [-0.3, -0.25) is 0 Å². The average Bonchev–Trinajstić information content (AvgIpc) is 2.39. The molecule has 0 aliphatic carbocycles. The van der Waals surface area contributed by atoms with Crippen molar-refractivity contribution in [2.75, 3.05) is 7.05 Å². The summed E-state index contributed by atoms with van der Waals surface area (Å²) in [5.41, 5.74) is 1.77. The van der Waals surface area contributed by atoms with Gasteiger partial charge in [0, 0.05) is 5.56 Å². The minimum absolute atomic E-state index is 0.0802. The summed E-state index contributed by atoms with van der Waals surface area (Å²) in [5, 5.41) is 3.11. The molecule has 0 bridgehead atoms. The van der Waals surface area contributed by atoms with Crippen molar-refractivity contribution < 1.29 is 8.78 Å². The van der Waals surface area contributed by atoms with Gasteiger partial charge in [0.25, 0.3) is 0 Å². The van der Waals surface area contributed by atoms with Crippen LogP contribution in [0.3, 0.4) is 0 Å². The largest absolute Gasteiger partial charge is 0.309 e. The van der Waals surface area contributed by atoms with E-state index in [0.717, 1.165) is 5.56 Å². The summed E-state index contributed by atoms with van der Waals surface area (Å²) in [6.45, 7) is 1.68. The molecule has 0 saturated carbocycles. The molecule has 1 N–H and O–H groups in total. The van der Waals surface area contributed by atoms with Gasteiger partial charge in [0.15, 0.2) is 0 Å². The highest BCUT2D eigenvalue weighted by Crippen LogP contribution is 2.28. The Kier molecular flexibility index (Phi) is 4.17. The van der Waals surface area contributed by atoms with Crippen LogP contribution in [-0.2, 0) is 0 Å². The normalized spacial score (nSPS) is 12.5. The van der Waals surface area contributed by atoms with E-state index in [1.165, 1.54) is 12.1 Å². The van der Waals surface area contributed by atoms with E-state index < -0.39 is 5.82 Å². The summed E-state index contributed by atoms with van der Waals surface area (Å²) < 4.78 is 27.4. The predicted molar refractivity (Wildman–Crippen MR) is 73.4 cm³/mol. The Bertz CT molecular complexity index is 599. The van der Waals surface area contributed by atoms with Crippen molar-refractivity contribution in [2.24, 2.45) is 0 Å². The lowest BCUT2D eigenvalue weighted by molar-refractivity contribution is 0.574. The third kappa shape index (κ3) is 2.77. The second-order valence-electron chi connectivity index (χ2n) is 4.37. The zero-order valence-electron chi connectivity index (χ0n) is 10.7. The van der Waals surface area contributed by atoms with E-state index in [1.807, 2.05) is 0 Å². The van der Waals surface area contributed by atoms with Gasteiger partial charge < -0.3 is 5.32 Å². The molecule has 0 amide bonds. The smallest absolute Gasteiger partial charge is 0.146 e. The Morgan fingerprint density at radius 3 is 2.53 bits per heavy atom. The lowest BCUT2D eigenvalue weighted by atomic mass is 9.97. The summed E-state index contributed by atoms with van der Waals surface area (Å²) in [7, 11) is 1.73. The lowest BCUT2D eigenvalue weighted by Gasteiger charge is -2.19. The minimum Gasteiger partial charge on any atom is -0.309 e. The Balaban J connectivity index is 2.50. The van der Waals surface area contributed by atoms with E-state index in [1.54, 1.807) is 38.2 Å². The van der Waals surface area contributed by atoms with Crippen LogP contribution in [-0.4, -0.2) is 7.05 Å². The van der Waals surface area contributed by atoms with Crippen molar-refractivity contribution in [3.63, 3.8) is 0 Å². The molecule has 2 aromatic rings. The first kappa shape index (κ1) is 14.0. The van der Waals surface area contributed by atoms with Gasteiger partial charge in [0.05, 0.1) is 11.1 Å². The Labute approximate surface area is 116 Å². The van der Waals surface area contributed by atoms with Crippen molar-refractivity contribution >= 4 is 11.6 Å². The van der Waals surface area contributed by atoms with Crippen molar-refractivity contribution in [3.05, 3.63) is 69.7 Å². The van der Waals surface area contributed by atoms with Gasteiger partial charge in [-0.15, -0.1) is 0 Å². The number of hydrogen-bond acceptors (Lipinski definition) is 1. The SMILES string of the molecule is CNC(c1ccc(F)c(C)c1)c1cccc(Cl)c1F. The number of halogens is 3. The molecule has 100 valence electrons. The van der Waals surface area contributed by atoms with E-state index in [-0.39, 0.29) is 16.9 Å². The Morgan fingerprint density at radius 2 is 1.89 bits per heavy atom. The molecule has 4 heteroatoms. The van der Waals surface area contributed by atoms with Crippen LogP contribution in [0.25, 0.3) is 0 Å². The third-order valence-corrected chi connectivity index (χ3v) is 3.39. The summed E-state index contributed by atoms with van der Waals surface area (Å²) in [6.07, 6.45) is 0. The van der Waals surface area contributed by atoms with Crippen molar-refractivity contribution in [3.8, 4) is 0 Å². The van der Waals surface area contributed by atoms with Gasteiger partial charge in [-0.05, 0) is 37.2 Å². The second-order valence-corrected chi connectivity index (χ2v) is 4.78. The molecule has 1 nitrogen and oxygen atoms in total. The van der Waals surface area contributed by atoms with Crippen molar-refractivity contribution in [1.82, 2.24) is 5.32 Å². The third-order valence-electron chi connectivity index (χ3n) is 3.10. The van der Waals surface area contributed by atoms with Crippen LogP contribution in [0.15, 0.2) is 36.4 Å². The molecule has 0 saturated heterocycles. The maximum Gasteiger partial charge on any atom is 0.146 e. The first-order valence-electron chi connectivity index (χ1n) is 5.92. The first-order valence-corrected chi connectivity index (χ1v) is 6.29. The van der Waals surface area contributed by atoms with E-state index in [0.29, 0.717) is 11.1 Å². The number of aryl methyl sites for hydroxylation is 1. The second kappa shape index (κ2) is 5.68. The number of benzene rings is 2. The van der Waals surface area contributed by atoms with Crippen LogP contribution in [0.5, 0.6) is 0 Å². The maximum atomic E-state index is 14.1. The summed E-state index contributed by atoms with van der Waals surface area (Å²) in [4.78, 5) is 0. The zero-order chi connectivity index (χ0) is 14.0. The molecule has 1 atom stereocenters. The van der Waals surface area contributed by atoms with Crippen molar-refractivity contribution in [2.45, 2.75) is 13.0 Å². The summed E-state index contributed by atoms with van der Waals surface area (Å²) in [5.74, 6) is -0.726. The molecule has 0 aliphatic heterocycles. The zero-order valence-corrected chi connectivity index (χ0v) is 11.4. The Morgan fingerprint density at radius 1 is 1.16 bits per heavy atom. The molecule has 19 heavy (non-hydrogen) atoms. The van der Waals surface area contributed by atoms with Gasteiger partial charge in [0.1, 0.15) is 11.6 Å². The number of rotatable bonds is 3. The monoisotopic (exact) mass is 281 g/mol. The molecule has 0 aromatic heterocycles. The number of hydrogen-bond donors (Lipinski definition) is 1. The fraction of sp³-hybridized carbons (Fsp3) is 0.200. The molecule has 0 heterocycles. The maximum absolute atomic E-state index is 14.1. The van der Waals surface area contributed by atoms with E-state index in [9.17, 15) is 8.78 Å². The lowest BCUT2D eigenvalue weighted by Crippen LogP contribution is -2.19. The molecule has 2 rings (SSSR count). The molecule has 2 aromatic carbocycles. The van der Waals surface area contributed by atoms with Gasteiger partial charge in [0.2, 0.25) is 0 Å². The van der Waals surface area contributed by atoms with Crippen LogP contribution >= 0.6 is 11.6 Å². The van der Waals surface area contributed by atoms with Gasteiger partial charge in [-0.25, -0.2) is 8.78 Å². The summed E-state index contributed by atoms with van der Waals surface area (Å²) >= 11 is 5.80. The topological polar surface area (TPSA) is 12.0 Å². The van der Waals surface area contributed by atoms with E-state index in [2.05, 4.69) is 5.32 Å². The fourth-order valence-corrected chi connectivity index (χ4v) is 2.27. The first-order chi connectivity index (χ1) is 9.04. The van der Waals surface area contributed by atoms with Crippen LogP contribution in [0.4, 0.5) is 8.78 Å². The van der Waals surface area contributed by atoms with Gasteiger partial charge in [-0.2, -0.15) is 0 Å². The van der Waals surface area contributed by atoms with Crippen LogP contribution in [0.2, 0.25) is 5.02 Å². The predicted octanol–water partition coefficient (Wildman–Crippen LogP) is 4.24. The van der Waals surface area contributed by atoms with Crippen LogP contribution in [0, 0.1) is 18.6 Å². The fourth-order valence-electron chi connectivity index (χ4n) is 2.09. The highest BCUT2D eigenvalue weighted by molar-refractivity contribution is 6.30. The van der Waals surface area contributed by atoms with Crippen LogP contribution in [0.1, 0.15) is 22.7 Å². The number of nitrogens with one attached hydrogen (secondary N) is 1. The molecule has 0 radical (unpaired) electrons. The quantitative estimate of drug-likeness (QED) is 0.887. The van der Waals surface area contributed by atoms with Gasteiger partial charge in [-0.1, -0.05) is 35.9 Å². The van der Waals surface area contributed by atoms with Gasteiger partial charge >= 0.3 is 0 Å². The molecular weight excluding hydrogens is 268 g/mol. The molecule has 0 aliphatic rings. The minimum atomic E-state index is -0.453. The standard InChI is InChI=1S/C15H14ClF2N/c1-9-8-10(6-7-13(9)17)15(19-2)11-4-3-5-12(16)14(11)18/h3-8,15,19H,1-2H3. The molecular formula is C15H14ClF2N. The van der Waals surface area contributed by atoms with Crippen molar-refractivity contribution in [1.29, 1.82) is 0 Å². The molecule has 0 spiro atoms. The van der Waals surface area contributed by atoms with E-state index >= 15 is 0 Å². The van der Waals surface area contributed by atoms with E-state index in [4.69, 9.17) is 11.6 Å². The molecule has 1 unspecified atom stereocenters. The summed E-state index contributed by atoms with van der Waals surface area (Å²) in [6, 6.07) is 9.24.